The van der Waals surface area contributed by atoms with Crippen molar-refractivity contribution in [2.75, 3.05) is 26.3 Å². The average molecular weight is 337 g/mol. The van der Waals surface area contributed by atoms with E-state index < -0.39 is 21.7 Å². The fraction of sp³-hybridized carbons (Fsp3) is 0.357. The number of aryl methyl sites for hydroxylation is 1. The lowest BCUT2D eigenvalue weighted by Crippen LogP contribution is -2.43. The van der Waals surface area contributed by atoms with Crippen LogP contribution < -0.4 is 0 Å². The minimum absolute atomic E-state index is 0.108. The fourth-order valence-electron chi connectivity index (χ4n) is 1.86. The van der Waals surface area contributed by atoms with E-state index in [1.807, 2.05) is 6.92 Å². The van der Waals surface area contributed by atoms with Gasteiger partial charge in [-0.05, 0) is 24.2 Å². The van der Waals surface area contributed by atoms with Crippen molar-refractivity contribution in [1.29, 1.82) is 5.26 Å². The number of nitriles is 1. The summed E-state index contributed by atoms with van der Waals surface area (Å²) >= 11 is 0. The molecule has 122 valence electrons. The van der Waals surface area contributed by atoms with Crippen LogP contribution in [0.1, 0.15) is 5.56 Å². The van der Waals surface area contributed by atoms with E-state index in [-0.39, 0.29) is 4.90 Å². The van der Waals surface area contributed by atoms with Crippen molar-refractivity contribution in [3.63, 3.8) is 0 Å². The normalized spacial score (nSPS) is 15.8. The monoisotopic (exact) mass is 337 g/mol. The molecule has 1 aromatic rings. The Morgan fingerprint density at radius 2 is 1.91 bits per heavy atom. The summed E-state index contributed by atoms with van der Waals surface area (Å²) in [5.41, 5.74) is 0.259. The van der Waals surface area contributed by atoms with Crippen LogP contribution in [0.3, 0.4) is 0 Å². The third-order valence-electron chi connectivity index (χ3n) is 3.14. The number of ether oxygens (including phenoxy) is 1. The number of morpholine rings is 1. The van der Waals surface area contributed by atoms with Crippen LogP contribution in [0.2, 0.25) is 0 Å². The molecule has 0 aliphatic carbocycles. The van der Waals surface area contributed by atoms with Crippen LogP contribution in [0, 0.1) is 18.3 Å². The third kappa shape index (κ3) is 4.28. The van der Waals surface area contributed by atoms with E-state index in [0.717, 1.165) is 5.56 Å². The van der Waals surface area contributed by atoms with Crippen LogP contribution in [0.15, 0.2) is 34.3 Å². The van der Waals surface area contributed by atoms with Gasteiger partial charge in [-0.15, -0.1) is 0 Å². The lowest BCUT2D eigenvalue weighted by Gasteiger charge is -2.25. The molecule has 1 saturated heterocycles. The maximum absolute atomic E-state index is 12.1. The highest BCUT2D eigenvalue weighted by Crippen LogP contribution is 2.13. The Labute approximate surface area is 134 Å². The molecule has 1 aliphatic heterocycles. The van der Waals surface area contributed by atoms with Crippen LogP contribution in [-0.2, 0) is 23.9 Å². The Morgan fingerprint density at radius 3 is 2.48 bits per heavy atom. The summed E-state index contributed by atoms with van der Waals surface area (Å²) in [5.74, 6) is -0.685. The Bertz CT molecular complexity index is 744. The van der Waals surface area contributed by atoms with Crippen molar-refractivity contribution in [2.45, 2.75) is 11.8 Å². The summed E-state index contributed by atoms with van der Waals surface area (Å²) < 4.78 is 33.5. The van der Waals surface area contributed by atoms with Crippen LogP contribution in [0.5, 0.6) is 0 Å². The second kappa shape index (κ2) is 7.21. The smallest absolute Gasteiger partial charge is 0.358 e. The highest BCUT2D eigenvalue weighted by molar-refractivity contribution is 7.86. The Morgan fingerprint density at radius 1 is 1.30 bits per heavy atom. The summed E-state index contributed by atoms with van der Waals surface area (Å²) in [6.45, 7) is 3.14. The summed E-state index contributed by atoms with van der Waals surface area (Å²) in [6.07, 6.45) is 0. The van der Waals surface area contributed by atoms with Crippen LogP contribution in [-0.4, -0.2) is 51.2 Å². The number of carbonyl (C=O) groups excluding carboxylic acids is 1. The number of carbonyl (C=O) groups is 1. The second-order valence-electron chi connectivity index (χ2n) is 4.80. The Balaban J connectivity index is 2.13. The first kappa shape index (κ1) is 16.9. The van der Waals surface area contributed by atoms with Gasteiger partial charge in [-0.25, -0.2) is 0 Å². The topological polar surface area (TPSA) is 109 Å². The first-order valence-corrected chi connectivity index (χ1v) is 8.20. The van der Waals surface area contributed by atoms with Crippen molar-refractivity contribution in [2.24, 2.45) is 5.16 Å². The lowest BCUT2D eigenvalue weighted by atomic mass is 10.2. The fourth-order valence-corrected chi connectivity index (χ4v) is 2.59. The molecular weight excluding hydrogens is 322 g/mol. The number of amides is 1. The van der Waals surface area contributed by atoms with E-state index in [1.165, 1.54) is 17.0 Å². The Hall–Kier alpha value is -2.44. The van der Waals surface area contributed by atoms with Gasteiger partial charge in [0.25, 0.3) is 5.91 Å². The highest BCUT2D eigenvalue weighted by atomic mass is 32.2. The van der Waals surface area contributed by atoms with Gasteiger partial charge in [0.05, 0.1) is 13.2 Å². The number of nitrogens with zero attached hydrogens (tertiary/aromatic N) is 3. The van der Waals surface area contributed by atoms with Crippen molar-refractivity contribution in [3.05, 3.63) is 29.8 Å². The molecule has 0 radical (unpaired) electrons. The maximum atomic E-state index is 12.1. The molecule has 0 spiro atoms. The predicted molar refractivity (Wildman–Crippen MR) is 79.9 cm³/mol. The number of hydrogen-bond acceptors (Lipinski definition) is 7. The molecule has 0 N–H and O–H groups in total. The second-order valence-corrected chi connectivity index (χ2v) is 6.33. The number of hydrogen-bond donors (Lipinski definition) is 0. The van der Waals surface area contributed by atoms with Gasteiger partial charge < -0.3 is 9.64 Å². The average Bonchev–Trinajstić information content (AvgIpc) is 2.56. The largest absolute Gasteiger partial charge is 0.378 e. The summed E-state index contributed by atoms with van der Waals surface area (Å²) in [4.78, 5) is 13.3. The molecule has 1 fully saturated rings. The van der Waals surface area contributed by atoms with E-state index in [1.54, 1.807) is 18.2 Å². The van der Waals surface area contributed by atoms with E-state index in [2.05, 4.69) is 9.44 Å². The molecule has 1 heterocycles. The predicted octanol–water partition coefficient (Wildman–Crippen LogP) is 0.439. The van der Waals surface area contributed by atoms with Crippen molar-refractivity contribution in [3.8, 4) is 6.07 Å². The zero-order valence-electron chi connectivity index (χ0n) is 12.4. The van der Waals surface area contributed by atoms with Gasteiger partial charge in [0.15, 0.2) is 0 Å². The zero-order chi connectivity index (χ0) is 16.9. The SMILES string of the molecule is Cc1ccc(S(=O)(=O)O/N=C(\C#N)C(=O)N2CCOCC2)cc1. The highest BCUT2D eigenvalue weighted by Gasteiger charge is 2.24. The maximum Gasteiger partial charge on any atom is 0.358 e. The van der Waals surface area contributed by atoms with Crippen LogP contribution in [0.4, 0.5) is 0 Å². The van der Waals surface area contributed by atoms with E-state index >= 15 is 0 Å². The van der Waals surface area contributed by atoms with Gasteiger partial charge in [0, 0.05) is 13.1 Å². The molecule has 1 aromatic carbocycles. The molecule has 0 atom stereocenters. The summed E-state index contributed by atoms with van der Waals surface area (Å²) in [6, 6.07) is 7.48. The third-order valence-corrected chi connectivity index (χ3v) is 4.26. The van der Waals surface area contributed by atoms with Crippen molar-refractivity contribution < 1.29 is 22.2 Å². The number of benzene rings is 1. The Kier molecular flexibility index (Phi) is 5.31. The number of oxime groups is 1. The van der Waals surface area contributed by atoms with E-state index in [0.29, 0.717) is 26.3 Å². The molecule has 1 amide bonds. The molecule has 0 bridgehead atoms. The van der Waals surface area contributed by atoms with E-state index in [4.69, 9.17) is 10.00 Å². The molecule has 0 aromatic heterocycles. The first-order chi connectivity index (χ1) is 10.9. The van der Waals surface area contributed by atoms with Crippen LogP contribution >= 0.6 is 0 Å². The standard InChI is InChI=1S/C14H15N3O5S/c1-11-2-4-12(5-3-11)23(19,20)22-16-13(10-15)14(18)17-6-8-21-9-7-17/h2-5H,6-9H2,1H3/b16-13+. The molecule has 23 heavy (non-hydrogen) atoms. The molecular formula is C14H15N3O5S. The van der Waals surface area contributed by atoms with Gasteiger partial charge >= 0.3 is 10.1 Å². The molecule has 0 saturated carbocycles. The number of rotatable bonds is 4. The summed E-state index contributed by atoms with van der Waals surface area (Å²) in [7, 11) is -4.18. The molecule has 9 heteroatoms. The molecule has 1 aliphatic rings. The van der Waals surface area contributed by atoms with Gasteiger partial charge in [0.2, 0.25) is 5.71 Å². The van der Waals surface area contributed by atoms with Crippen LogP contribution in [0.25, 0.3) is 0 Å². The van der Waals surface area contributed by atoms with E-state index in [9.17, 15) is 13.2 Å². The minimum atomic E-state index is -4.18. The lowest BCUT2D eigenvalue weighted by molar-refractivity contribution is -0.127. The minimum Gasteiger partial charge on any atom is -0.378 e. The van der Waals surface area contributed by atoms with Gasteiger partial charge in [-0.1, -0.05) is 17.7 Å². The van der Waals surface area contributed by atoms with Crippen molar-refractivity contribution in [1.82, 2.24) is 4.90 Å². The van der Waals surface area contributed by atoms with Gasteiger partial charge in [-0.3, -0.25) is 9.08 Å². The molecule has 8 nitrogen and oxygen atoms in total. The molecule has 2 rings (SSSR count). The quantitative estimate of drug-likeness (QED) is 0.582. The van der Waals surface area contributed by atoms with Gasteiger partial charge in [-0.2, -0.15) is 13.7 Å². The van der Waals surface area contributed by atoms with Crippen molar-refractivity contribution >= 4 is 21.7 Å². The zero-order valence-corrected chi connectivity index (χ0v) is 13.2. The molecule has 0 unspecified atom stereocenters. The first-order valence-electron chi connectivity index (χ1n) is 6.79. The summed E-state index contributed by atoms with van der Waals surface area (Å²) in [5, 5.41) is 12.2. The van der Waals surface area contributed by atoms with Gasteiger partial charge in [0.1, 0.15) is 11.0 Å².